The summed E-state index contributed by atoms with van der Waals surface area (Å²) in [5.74, 6) is 2.42. The van der Waals surface area contributed by atoms with Crippen molar-refractivity contribution < 1.29 is 9.53 Å². The van der Waals surface area contributed by atoms with Gasteiger partial charge in [0.15, 0.2) is 0 Å². The van der Waals surface area contributed by atoms with E-state index in [0.717, 1.165) is 17.5 Å². The van der Waals surface area contributed by atoms with Crippen LogP contribution in [0.4, 0.5) is 10.5 Å². The predicted octanol–water partition coefficient (Wildman–Crippen LogP) is 4.55. The van der Waals surface area contributed by atoms with Crippen molar-refractivity contribution in [3.05, 3.63) is 29.8 Å². The predicted molar refractivity (Wildman–Crippen MR) is 79.9 cm³/mol. The fourth-order valence-electron chi connectivity index (χ4n) is 2.97. The first-order chi connectivity index (χ1) is 9.44. The molecule has 2 fully saturated rings. The zero-order valence-electron chi connectivity index (χ0n) is 12.5. The van der Waals surface area contributed by atoms with E-state index in [1.165, 1.54) is 24.8 Å². The highest BCUT2D eigenvalue weighted by Crippen LogP contribution is 2.60. The molecule has 3 rings (SSSR count). The molecule has 3 heteroatoms. The molecule has 0 heterocycles. The molecule has 108 valence electrons. The highest BCUT2D eigenvalue weighted by atomic mass is 16.6. The summed E-state index contributed by atoms with van der Waals surface area (Å²) >= 11 is 0. The van der Waals surface area contributed by atoms with E-state index in [4.69, 9.17) is 4.74 Å². The summed E-state index contributed by atoms with van der Waals surface area (Å²) < 4.78 is 5.33. The Kier molecular flexibility index (Phi) is 3.23. The first kappa shape index (κ1) is 13.5. The second-order valence-electron chi connectivity index (χ2n) is 7.06. The highest BCUT2D eigenvalue weighted by molar-refractivity contribution is 5.86. The third-order valence-corrected chi connectivity index (χ3v) is 4.06. The van der Waals surface area contributed by atoms with Crippen LogP contribution in [-0.4, -0.2) is 11.7 Å². The maximum atomic E-state index is 11.9. The molecule has 0 spiro atoms. The van der Waals surface area contributed by atoms with E-state index in [1.54, 1.807) is 0 Å². The summed E-state index contributed by atoms with van der Waals surface area (Å²) in [5, 5.41) is 2.91. The van der Waals surface area contributed by atoms with Crippen molar-refractivity contribution in [2.24, 2.45) is 11.8 Å². The monoisotopic (exact) mass is 273 g/mol. The largest absolute Gasteiger partial charge is 0.444 e. The van der Waals surface area contributed by atoms with Gasteiger partial charge in [-0.1, -0.05) is 18.2 Å². The number of benzene rings is 1. The second-order valence-corrected chi connectivity index (χ2v) is 7.06. The lowest BCUT2D eigenvalue weighted by Gasteiger charge is -2.20. The number of hydrogen-bond donors (Lipinski definition) is 1. The summed E-state index contributed by atoms with van der Waals surface area (Å²) in [6, 6.07) is 8.13. The fourth-order valence-corrected chi connectivity index (χ4v) is 2.97. The number of ether oxygens (including phenoxy) is 1. The molecule has 1 N–H and O–H groups in total. The van der Waals surface area contributed by atoms with Crippen LogP contribution in [0.15, 0.2) is 24.3 Å². The smallest absolute Gasteiger partial charge is 0.412 e. The third kappa shape index (κ3) is 3.14. The Labute approximate surface area is 120 Å². The number of amides is 1. The maximum Gasteiger partial charge on any atom is 0.412 e. The first-order valence-electron chi connectivity index (χ1n) is 7.53. The van der Waals surface area contributed by atoms with Gasteiger partial charge in [-0.25, -0.2) is 4.79 Å². The molecule has 3 nitrogen and oxygen atoms in total. The highest BCUT2D eigenvalue weighted by Gasteiger charge is 2.48. The number of rotatable bonds is 3. The molecule has 0 saturated heterocycles. The number of hydrogen-bond acceptors (Lipinski definition) is 2. The summed E-state index contributed by atoms with van der Waals surface area (Å²) in [6.07, 6.45) is 3.69. The lowest BCUT2D eigenvalue weighted by atomic mass is 10.1. The molecule has 0 bridgehead atoms. The van der Waals surface area contributed by atoms with E-state index < -0.39 is 5.60 Å². The van der Waals surface area contributed by atoms with Crippen LogP contribution >= 0.6 is 0 Å². The molecule has 1 aromatic carbocycles. The van der Waals surface area contributed by atoms with Crippen LogP contribution in [0.3, 0.4) is 0 Å². The normalized spacial score (nSPS) is 25.1. The van der Waals surface area contributed by atoms with Crippen molar-refractivity contribution in [3.8, 4) is 0 Å². The summed E-state index contributed by atoms with van der Waals surface area (Å²) in [7, 11) is 0. The van der Waals surface area contributed by atoms with Crippen LogP contribution < -0.4 is 5.32 Å². The van der Waals surface area contributed by atoms with Gasteiger partial charge in [-0.15, -0.1) is 0 Å². The summed E-state index contributed by atoms with van der Waals surface area (Å²) in [6.45, 7) is 5.63. The van der Waals surface area contributed by atoms with Gasteiger partial charge in [-0.2, -0.15) is 0 Å². The zero-order valence-corrected chi connectivity index (χ0v) is 12.5. The quantitative estimate of drug-likeness (QED) is 0.877. The van der Waals surface area contributed by atoms with Gasteiger partial charge < -0.3 is 4.74 Å². The topological polar surface area (TPSA) is 38.3 Å². The molecule has 0 aliphatic heterocycles. The van der Waals surface area contributed by atoms with Gasteiger partial charge in [-0.05, 0) is 69.4 Å². The van der Waals surface area contributed by atoms with E-state index >= 15 is 0 Å². The lowest BCUT2D eigenvalue weighted by Crippen LogP contribution is -2.27. The Morgan fingerprint density at radius 1 is 1.25 bits per heavy atom. The van der Waals surface area contributed by atoms with Crippen molar-refractivity contribution in [1.29, 1.82) is 0 Å². The molecule has 2 aliphatic rings. The number of anilines is 1. The minimum absolute atomic E-state index is 0.367. The minimum Gasteiger partial charge on any atom is -0.444 e. The Morgan fingerprint density at radius 2 is 1.95 bits per heavy atom. The van der Waals surface area contributed by atoms with E-state index in [0.29, 0.717) is 5.92 Å². The SMILES string of the molecule is CC(C)(C)OC(=O)Nc1ccccc1C1CC1C1CC1. The second kappa shape index (κ2) is 4.80. The van der Waals surface area contributed by atoms with Gasteiger partial charge in [0.1, 0.15) is 5.60 Å². The molecule has 2 unspecified atom stereocenters. The average Bonchev–Trinajstić information content (AvgIpc) is 3.20. The fraction of sp³-hybridized carbons (Fsp3) is 0.588. The maximum absolute atomic E-state index is 11.9. The molecule has 1 aromatic rings. The molecule has 0 aromatic heterocycles. The molecule has 0 radical (unpaired) electrons. The average molecular weight is 273 g/mol. The van der Waals surface area contributed by atoms with Crippen LogP contribution in [0.1, 0.15) is 51.5 Å². The van der Waals surface area contributed by atoms with Crippen molar-refractivity contribution in [1.82, 2.24) is 0 Å². The summed E-state index contributed by atoms with van der Waals surface area (Å²) in [5.41, 5.74) is 1.72. The van der Waals surface area contributed by atoms with Crippen LogP contribution in [0, 0.1) is 11.8 Å². The van der Waals surface area contributed by atoms with E-state index in [9.17, 15) is 4.79 Å². The standard InChI is InChI=1S/C17H23NO2/c1-17(2,3)20-16(19)18-15-7-5-4-6-12(15)14-10-13(14)11-8-9-11/h4-7,11,13-14H,8-10H2,1-3H3,(H,18,19). The molecule has 20 heavy (non-hydrogen) atoms. The number of nitrogens with one attached hydrogen (secondary N) is 1. The summed E-state index contributed by atoms with van der Waals surface area (Å²) in [4.78, 5) is 11.9. The molecular formula is C17H23NO2. The number of para-hydroxylation sites is 1. The first-order valence-corrected chi connectivity index (χ1v) is 7.53. The Hall–Kier alpha value is -1.51. The van der Waals surface area contributed by atoms with Crippen molar-refractivity contribution >= 4 is 11.8 Å². The van der Waals surface area contributed by atoms with Crippen molar-refractivity contribution in [2.45, 2.75) is 51.6 Å². The molecule has 1 amide bonds. The van der Waals surface area contributed by atoms with Gasteiger partial charge in [0.05, 0.1) is 0 Å². The zero-order chi connectivity index (χ0) is 14.3. The van der Waals surface area contributed by atoms with Crippen LogP contribution in [0.25, 0.3) is 0 Å². The number of carbonyl (C=O) groups is 1. The Bertz CT molecular complexity index is 514. The van der Waals surface area contributed by atoms with Crippen LogP contribution in [0.5, 0.6) is 0 Å². The lowest BCUT2D eigenvalue weighted by molar-refractivity contribution is 0.0636. The van der Waals surface area contributed by atoms with Gasteiger partial charge >= 0.3 is 6.09 Å². The van der Waals surface area contributed by atoms with Crippen molar-refractivity contribution in [2.75, 3.05) is 5.32 Å². The van der Waals surface area contributed by atoms with Gasteiger partial charge in [0, 0.05) is 5.69 Å². The van der Waals surface area contributed by atoms with E-state index in [1.807, 2.05) is 32.9 Å². The van der Waals surface area contributed by atoms with Crippen LogP contribution in [-0.2, 0) is 4.74 Å². The van der Waals surface area contributed by atoms with E-state index in [2.05, 4.69) is 17.4 Å². The van der Waals surface area contributed by atoms with Gasteiger partial charge in [-0.3, -0.25) is 5.32 Å². The Morgan fingerprint density at radius 3 is 2.60 bits per heavy atom. The molecular weight excluding hydrogens is 250 g/mol. The molecule has 2 aliphatic carbocycles. The minimum atomic E-state index is -0.463. The Balaban J connectivity index is 1.68. The number of carbonyl (C=O) groups excluding carboxylic acids is 1. The van der Waals surface area contributed by atoms with Crippen molar-refractivity contribution in [3.63, 3.8) is 0 Å². The molecule has 2 atom stereocenters. The van der Waals surface area contributed by atoms with E-state index in [-0.39, 0.29) is 6.09 Å². The van der Waals surface area contributed by atoms with Gasteiger partial charge in [0.2, 0.25) is 0 Å². The third-order valence-electron chi connectivity index (χ3n) is 4.06. The van der Waals surface area contributed by atoms with Gasteiger partial charge in [0.25, 0.3) is 0 Å². The van der Waals surface area contributed by atoms with Crippen LogP contribution in [0.2, 0.25) is 0 Å². The molecule has 2 saturated carbocycles.